The van der Waals surface area contributed by atoms with Gasteiger partial charge in [-0.15, -0.1) is 0 Å². The largest absolute Gasteiger partial charge is 0.451 e. The molecule has 0 unspecified atom stereocenters. The lowest BCUT2D eigenvalue weighted by Crippen LogP contribution is -2.12. The third-order valence-electron chi connectivity index (χ3n) is 3.15. The van der Waals surface area contributed by atoms with Gasteiger partial charge in [0.25, 0.3) is 5.91 Å². The molecule has 0 aliphatic carbocycles. The summed E-state index contributed by atoms with van der Waals surface area (Å²) in [6, 6.07) is 11.2. The lowest BCUT2D eigenvalue weighted by atomic mass is 10.2. The summed E-state index contributed by atoms with van der Waals surface area (Å²) in [7, 11) is 0. The van der Waals surface area contributed by atoms with Crippen molar-refractivity contribution < 1.29 is 22.4 Å². The van der Waals surface area contributed by atoms with E-state index in [-0.39, 0.29) is 11.4 Å². The number of halogens is 4. The van der Waals surface area contributed by atoms with Crippen molar-refractivity contribution in [3.05, 3.63) is 64.3 Å². The van der Waals surface area contributed by atoms with Crippen LogP contribution in [0.3, 0.4) is 0 Å². The Morgan fingerprint density at radius 3 is 2.61 bits per heavy atom. The van der Waals surface area contributed by atoms with E-state index in [2.05, 4.69) is 21.2 Å². The molecular formula is C16H9BrF3NO2. The monoisotopic (exact) mass is 383 g/mol. The average Bonchev–Trinajstić information content (AvgIpc) is 2.90. The molecule has 23 heavy (non-hydrogen) atoms. The number of carbonyl (C=O) groups excluding carboxylic acids is 1. The standard InChI is InChI=1S/C16H9BrF3NO2/c17-11-4-5-13-9(6-11)7-14(23-13)15(22)21-12-3-1-2-10(8-12)16(18,19)20/h1-8H,(H,21,22). The summed E-state index contributed by atoms with van der Waals surface area (Å²) in [6.07, 6.45) is -4.47. The Balaban J connectivity index is 1.86. The number of hydrogen-bond acceptors (Lipinski definition) is 2. The highest BCUT2D eigenvalue weighted by molar-refractivity contribution is 9.10. The van der Waals surface area contributed by atoms with Crippen molar-refractivity contribution >= 4 is 38.5 Å². The number of anilines is 1. The molecule has 3 aromatic rings. The normalized spacial score (nSPS) is 11.7. The molecule has 0 saturated heterocycles. The summed E-state index contributed by atoms with van der Waals surface area (Å²) in [6.45, 7) is 0. The maximum Gasteiger partial charge on any atom is 0.416 e. The Labute approximate surface area is 137 Å². The third kappa shape index (κ3) is 3.39. The van der Waals surface area contributed by atoms with E-state index in [0.29, 0.717) is 11.0 Å². The van der Waals surface area contributed by atoms with Crippen molar-refractivity contribution in [2.24, 2.45) is 0 Å². The molecule has 0 bridgehead atoms. The summed E-state index contributed by atoms with van der Waals surface area (Å²) in [4.78, 5) is 12.1. The smallest absolute Gasteiger partial charge is 0.416 e. The number of fused-ring (bicyclic) bond motifs is 1. The van der Waals surface area contributed by atoms with Gasteiger partial charge in [0.2, 0.25) is 0 Å². The predicted molar refractivity (Wildman–Crippen MR) is 83.3 cm³/mol. The molecule has 3 nitrogen and oxygen atoms in total. The zero-order valence-electron chi connectivity index (χ0n) is 11.4. The summed E-state index contributed by atoms with van der Waals surface area (Å²) >= 11 is 3.31. The SMILES string of the molecule is O=C(Nc1cccc(C(F)(F)F)c1)c1cc2cc(Br)ccc2o1. The highest BCUT2D eigenvalue weighted by Gasteiger charge is 2.30. The van der Waals surface area contributed by atoms with Crippen LogP contribution in [0.1, 0.15) is 16.1 Å². The fourth-order valence-electron chi connectivity index (χ4n) is 2.09. The topological polar surface area (TPSA) is 42.2 Å². The Morgan fingerprint density at radius 2 is 1.87 bits per heavy atom. The van der Waals surface area contributed by atoms with Crippen LogP contribution in [0, 0.1) is 0 Å². The van der Waals surface area contributed by atoms with Crippen molar-refractivity contribution in [3.8, 4) is 0 Å². The number of alkyl halides is 3. The highest BCUT2D eigenvalue weighted by atomic mass is 79.9. The van der Waals surface area contributed by atoms with Crippen LogP contribution in [-0.4, -0.2) is 5.91 Å². The molecule has 0 fully saturated rings. The van der Waals surface area contributed by atoms with Gasteiger partial charge in [-0.3, -0.25) is 4.79 Å². The quantitative estimate of drug-likeness (QED) is 0.637. The van der Waals surface area contributed by atoms with Gasteiger partial charge in [-0.05, 0) is 42.5 Å². The van der Waals surface area contributed by atoms with Gasteiger partial charge in [-0.1, -0.05) is 22.0 Å². The van der Waals surface area contributed by atoms with Crippen LogP contribution >= 0.6 is 15.9 Å². The summed E-state index contributed by atoms with van der Waals surface area (Å²) < 4.78 is 44.2. The summed E-state index contributed by atoms with van der Waals surface area (Å²) in [5.41, 5.74) is -0.266. The van der Waals surface area contributed by atoms with Gasteiger partial charge >= 0.3 is 6.18 Å². The van der Waals surface area contributed by atoms with Crippen molar-refractivity contribution in [1.82, 2.24) is 0 Å². The van der Waals surface area contributed by atoms with Gasteiger partial charge in [0, 0.05) is 15.5 Å². The molecule has 0 spiro atoms. The number of amides is 1. The zero-order chi connectivity index (χ0) is 16.6. The number of carbonyl (C=O) groups is 1. The lowest BCUT2D eigenvalue weighted by Gasteiger charge is -2.09. The maximum absolute atomic E-state index is 12.7. The molecule has 1 amide bonds. The van der Waals surface area contributed by atoms with Crippen LogP contribution in [0.4, 0.5) is 18.9 Å². The van der Waals surface area contributed by atoms with Crippen molar-refractivity contribution in [2.45, 2.75) is 6.18 Å². The Bertz CT molecular complexity index is 886. The van der Waals surface area contributed by atoms with E-state index < -0.39 is 17.6 Å². The average molecular weight is 384 g/mol. The molecule has 0 aliphatic rings. The molecule has 2 aromatic carbocycles. The van der Waals surface area contributed by atoms with Crippen molar-refractivity contribution in [3.63, 3.8) is 0 Å². The van der Waals surface area contributed by atoms with Crippen LogP contribution in [0.5, 0.6) is 0 Å². The van der Waals surface area contributed by atoms with E-state index >= 15 is 0 Å². The van der Waals surface area contributed by atoms with Crippen LogP contribution in [-0.2, 0) is 6.18 Å². The van der Waals surface area contributed by atoms with E-state index in [4.69, 9.17) is 4.42 Å². The van der Waals surface area contributed by atoms with E-state index in [0.717, 1.165) is 16.6 Å². The van der Waals surface area contributed by atoms with Crippen LogP contribution in [0.2, 0.25) is 0 Å². The Morgan fingerprint density at radius 1 is 1.09 bits per heavy atom. The Kier molecular flexibility index (Phi) is 3.89. The van der Waals surface area contributed by atoms with E-state index in [1.807, 2.05) is 0 Å². The minimum Gasteiger partial charge on any atom is -0.451 e. The first-order chi connectivity index (χ1) is 10.8. The fraction of sp³-hybridized carbons (Fsp3) is 0.0625. The maximum atomic E-state index is 12.7. The number of hydrogen-bond donors (Lipinski definition) is 1. The second kappa shape index (κ2) is 5.73. The van der Waals surface area contributed by atoms with E-state index in [1.165, 1.54) is 18.2 Å². The van der Waals surface area contributed by atoms with Crippen LogP contribution in [0.15, 0.2) is 57.4 Å². The first-order valence-corrected chi connectivity index (χ1v) is 7.30. The van der Waals surface area contributed by atoms with Crippen LogP contribution in [0.25, 0.3) is 11.0 Å². The first kappa shape index (κ1) is 15.6. The molecule has 118 valence electrons. The molecular weight excluding hydrogens is 375 g/mol. The van der Waals surface area contributed by atoms with Gasteiger partial charge in [-0.2, -0.15) is 13.2 Å². The zero-order valence-corrected chi connectivity index (χ0v) is 13.0. The molecule has 7 heteroatoms. The third-order valence-corrected chi connectivity index (χ3v) is 3.64. The fourth-order valence-corrected chi connectivity index (χ4v) is 2.47. The van der Waals surface area contributed by atoms with Gasteiger partial charge in [0.05, 0.1) is 5.56 Å². The number of furan rings is 1. The van der Waals surface area contributed by atoms with Gasteiger partial charge in [0.1, 0.15) is 5.58 Å². The van der Waals surface area contributed by atoms with Gasteiger partial charge in [-0.25, -0.2) is 0 Å². The number of benzene rings is 2. The minimum absolute atomic E-state index is 0.0236. The summed E-state index contributed by atoms with van der Waals surface area (Å²) in [5, 5.41) is 3.12. The van der Waals surface area contributed by atoms with Gasteiger partial charge < -0.3 is 9.73 Å². The number of rotatable bonds is 2. The Hall–Kier alpha value is -2.28. The molecule has 0 radical (unpaired) electrons. The van der Waals surface area contributed by atoms with E-state index in [1.54, 1.807) is 18.2 Å². The molecule has 1 heterocycles. The second-order valence-electron chi connectivity index (χ2n) is 4.83. The van der Waals surface area contributed by atoms with E-state index in [9.17, 15) is 18.0 Å². The predicted octanol–water partition coefficient (Wildman–Crippen LogP) is 5.47. The van der Waals surface area contributed by atoms with Crippen molar-refractivity contribution in [2.75, 3.05) is 5.32 Å². The minimum atomic E-state index is -4.47. The second-order valence-corrected chi connectivity index (χ2v) is 5.74. The summed E-state index contributed by atoms with van der Waals surface area (Å²) in [5.74, 6) is -0.591. The highest BCUT2D eigenvalue weighted by Crippen LogP contribution is 2.31. The molecule has 1 aromatic heterocycles. The lowest BCUT2D eigenvalue weighted by molar-refractivity contribution is -0.137. The molecule has 3 rings (SSSR count). The molecule has 0 atom stereocenters. The number of nitrogens with one attached hydrogen (secondary N) is 1. The van der Waals surface area contributed by atoms with Gasteiger partial charge in [0.15, 0.2) is 5.76 Å². The molecule has 0 aliphatic heterocycles. The molecule has 0 saturated carbocycles. The molecule has 1 N–H and O–H groups in total. The van der Waals surface area contributed by atoms with Crippen molar-refractivity contribution in [1.29, 1.82) is 0 Å². The van der Waals surface area contributed by atoms with Crippen LogP contribution < -0.4 is 5.32 Å². The first-order valence-electron chi connectivity index (χ1n) is 6.51.